The van der Waals surface area contributed by atoms with Crippen LogP contribution in [0.25, 0.3) is 0 Å². The highest BCUT2D eigenvalue weighted by Gasteiger charge is 2.19. The number of thioether (sulfide) groups is 1. The molecule has 0 spiro atoms. The van der Waals surface area contributed by atoms with E-state index in [1.165, 1.54) is 23.1 Å². The van der Waals surface area contributed by atoms with Crippen molar-refractivity contribution >= 4 is 34.1 Å². The summed E-state index contributed by atoms with van der Waals surface area (Å²) in [5.74, 6) is 1.55. The number of amides is 1. The predicted octanol–water partition coefficient (Wildman–Crippen LogP) is 2.99. The van der Waals surface area contributed by atoms with Gasteiger partial charge in [0.1, 0.15) is 11.6 Å². The Hall–Kier alpha value is -2.39. The molecular weight excluding hydrogens is 370 g/mol. The van der Waals surface area contributed by atoms with Crippen molar-refractivity contribution in [2.75, 3.05) is 12.4 Å². The molecule has 2 aromatic heterocycles. The maximum Gasteiger partial charge on any atom is 0.239 e. The molecule has 0 radical (unpaired) electrons. The first-order valence-electron chi connectivity index (χ1n) is 7.95. The summed E-state index contributed by atoms with van der Waals surface area (Å²) < 4.78 is 7.09. The second-order valence-electron chi connectivity index (χ2n) is 5.57. The molecule has 0 aliphatic carbocycles. The lowest BCUT2D eigenvalue weighted by Crippen LogP contribution is -2.22. The zero-order valence-electron chi connectivity index (χ0n) is 14.7. The minimum Gasteiger partial charge on any atom is -0.497 e. The molecule has 0 saturated carbocycles. The minimum atomic E-state index is -0.310. The van der Waals surface area contributed by atoms with E-state index in [2.05, 4.69) is 20.5 Å². The van der Waals surface area contributed by atoms with Crippen LogP contribution in [0.1, 0.15) is 18.3 Å². The molecule has 0 fully saturated rings. The van der Waals surface area contributed by atoms with Crippen LogP contribution in [0.4, 0.5) is 5.13 Å². The Kier molecular flexibility index (Phi) is 5.89. The van der Waals surface area contributed by atoms with E-state index >= 15 is 0 Å². The highest BCUT2D eigenvalue weighted by molar-refractivity contribution is 8.00. The lowest BCUT2D eigenvalue weighted by atomic mass is 10.1. The Balaban J connectivity index is 1.63. The Bertz CT molecular complexity index is 862. The van der Waals surface area contributed by atoms with E-state index in [1.54, 1.807) is 13.3 Å². The van der Waals surface area contributed by atoms with Crippen LogP contribution in [0.15, 0.2) is 41.0 Å². The Morgan fingerprint density at radius 1 is 1.35 bits per heavy atom. The maximum atomic E-state index is 12.2. The van der Waals surface area contributed by atoms with Gasteiger partial charge in [0.2, 0.25) is 5.91 Å². The summed E-state index contributed by atoms with van der Waals surface area (Å²) in [6, 6.07) is 7.85. The molecule has 0 aliphatic heterocycles. The van der Waals surface area contributed by atoms with Crippen molar-refractivity contribution in [3.8, 4) is 5.75 Å². The molecule has 1 aromatic carbocycles. The van der Waals surface area contributed by atoms with Gasteiger partial charge in [0.05, 0.1) is 12.4 Å². The second kappa shape index (κ2) is 8.33. The van der Waals surface area contributed by atoms with Crippen LogP contribution in [0.2, 0.25) is 0 Å². The average molecular weight is 390 g/mol. The van der Waals surface area contributed by atoms with Crippen LogP contribution in [0.5, 0.6) is 5.75 Å². The molecule has 0 aliphatic rings. The summed E-state index contributed by atoms with van der Waals surface area (Å²) in [5, 5.41) is 14.1. The van der Waals surface area contributed by atoms with Crippen molar-refractivity contribution in [1.82, 2.24) is 19.7 Å². The summed E-state index contributed by atoms with van der Waals surface area (Å²) in [7, 11) is 3.56. The predicted molar refractivity (Wildman–Crippen MR) is 103 cm³/mol. The molecule has 26 heavy (non-hydrogen) atoms. The molecule has 1 N–H and O–H groups in total. The summed E-state index contributed by atoms with van der Waals surface area (Å²) in [6.07, 6.45) is 2.32. The largest absolute Gasteiger partial charge is 0.497 e. The van der Waals surface area contributed by atoms with Crippen LogP contribution in [-0.2, 0) is 18.3 Å². The first-order valence-corrected chi connectivity index (χ1v) is 9.71. The van der Waals surface area contributed by atoms with E-state index < -0.39 is 0 Å². The molecule has 1 atom stereocenters. The van der Waals surface area contributed by atoms with E-state index in [9.17, 15) is 4.79 Å². The van der Waals surface area contributed by atoms with Gasteiger partial charge in [-0.1, -0.05) is 23.9 Å². The molecule has 1 amide bonds. The van der Waals surface area contributed by atoms with Crippen LogP contribution in [0.3, 0.4) is 0 Å². The molecule has 0 unspecified atom stereocenters. The summed E-state index contributed by atoms with van der Waals surface area (Å²) >= 11 is 2.76. The number of methoxy groups -OCH3 is 1. The lowest BCUT2D eigenvalue weighted by Gasteiger charge is -2.10. The number of nitrogens with zero attached hydrogens (tertiary/aromatic N) is 4. The summed E-state index contributed by atoms with van der Waals surface area (Å²) in [4.78, 5) is 16.3. The van der Waals surface area contributed by atoms with Gasteiger partial charge in [-0.2, -0.15) is 0 Å². The number of carbonyl (C=O) groups excluding carboxylic acids is 1. The third-order valence-electron chi connectivity index (χ3n) is 3.76. The van der Waals surface area contributed by atoms with Crippen molar-refractivity contribution in [2.45, 2.75) is 23.8 Å². The zero-order valence-corrected chi connectivity index (χ0v) is 16.3. The van der Waals surface area contributed by atoms with E-state index in [-0.39, 0.29) is 11.2 Å². The second-order valence-corrected chi connectivity index (χ2v) is 7.77. The highest BCUT2D eigenvalue weighted by atomic mass is 32.2. The fourth-order valence-electron chi connectivity index (χ4n) is 2.23. The van der Waals surface area contributed by atoms with Crippen molar-refractivity contribution in [1.29, 1.82) is 0 Å². The molecule has 0 saturated heterocycles. The Labute approximate surface area is 159 Å². The average Bonchev–Trinajstić information content (AvgIpc) is 3.27. The van der Waals surface area contributed by atoms with Gasteiger partial charge in [0.15, 0.2) is 10.3 Å². The van der Waals surface area contributed by atoms with Crippen molar-refractivity contribution < 1.29 is 9.53 Å². The number of ether oxygens (including phenoxy) is 1. The molecule has 0 bridgehead atoms. The number of thiazole rings is 1. The van der Waals surface area contributed by atoms with E-state index in [4.69, 9.17) is 4.74 Å². The van der Waals surface area contributed by atoms with Gasteiger partial charge in [-0.3, -0.25) is 4.79 Å². The molecule has 3 rings (SSSR count). The summed E-state index contributed by atoms with van der Waals surface area (Å²) in [5.41, 5.74) is 1.12. The SMILES string of the molecule is COc1ccc(Cc2nnc(S[C@@H](C)C(=O)Nc3nccs3)n2C)cc1. The van der Waals surface area contributed by atoms with Crippen molar-refractivity contribution in [3.63, 3.8) is 0 Å². The maximum absolute atomic E-state index is 12.2. The standard InChI is InChI=1S/C17H19N5O2S2/c1-11(15(23)19-16-18-8-9-25-16)26-17-21-20-14(22(17)2)10-12-4-6-13(24-3)7-5-12/h4-9,11H,10H2,1-3H3,(H,18,19,23)/t11-/m0/s1. The fourth-order valence-corrected chi connectivity index (χ4v) is 3.60. The molecule has 3 aromatic rings. The number of hydrogen-bond donors (Lipinski definition) is 1. The van der Waals surface area contributed by atoms with Crippen LogP contribution in [-0.4, -0.2) is 38.0 Å². The molecule has 2 heterocycles. The third kappa shape index (κ3) is 4.41. The molecular formula is C17H19N5O2S2. The summed E-state index contributed by atoms with van der Waals surface area (Å²) in [6.45, 7) is 1.84. The van der Waals surface area contributed by atoms with Crippen LogP contribution < -0.4 is 10.1 Å². The van der Waals surface area contributed by atoms with E-state index in [0.29, 0.717) is 16.7 Å². The number of aromatic nitrogens is 4. The van der Waals surface area contributed by atoms with Gasteiger partial charge in [-0.15, -0.1) is 21.5 Å². The van der Waals surface area contributed by atoms with Gasteiger partial charge in [0.25, 0.3) is 0 Å². The van der Waals surface area contributed by atoms with Gasteiger partial charge in [-0.05, 0) is 24.6 Å². The first-order chi connectivity index (χ1) is 12.6. The lowest BCUT2D eigenvalue weighted by molar-refractivity contribution is -0.115. The fraction of sp³-hybridized carbons (Fsp3) is 0.294. The highest BCUT2D eigenvalue weighted by Crippen LogP contribution is 2.24. The number of benzene rings is 1. The number of carbonyl (C=O) groups is 1. The Morgan fingerprint density at radius 3 is 2.77 bits per heavy atom. The monoisotopic (exact) mass is 389 g/mol. The zero-order chi connectivity index (χ0) is 18.5. The first kappa shape index (κ1) is 18.4. The number of anilines is 1. The van der Waals surface area contributed by atoms with E-state index in [1.807, 2.05) is 48.2 Å². The van der Waals surface area contributed by atoms with Crippen molar-refractivity contribution in [3.05, 3.63) is 47.2 Å². The number of rotatable bonds is 7. The van der Waals surface area contributed by atoms with Gasteiger partial charge in [0, 0.05) is 25.0 Å². The third-order valence-corrected chi connectivity index (χ3v) is 5.58. The van der Waals surface area contributed by atoms with Crippen LogP contribution in [0, 0.1) is 0 Å². The smallest absolute Gasteiger partial charge is 0.239 e. The quantitative estimate of drug-likeness (QED) is 0.626. The van der Waals surface area contributed by atoms with Crippen LogP contribution >= 0.6 is 23.1 Å². The van der Waals surface area contributed by atoms with Gasteiger partial charge < -0.3 is 14.6 Å². The topological polar surface area (TPSA) is 81.9 Å². The normalized spacial score (nSPS) is 12.0. The van der Waals surface area contributed by atoms with Gasteiger partial charge >= 0.3 is 0 Å². The molecule has 7 nitrogen and oxygen atoms in total. The molecule has 136 valence electrons. The molecule has 9 heteroatoms. The van der Waals surface area contributed by atoms with E-state index in [0.717, 1.165) is 17.1 Å². The number of hydrogen-bond acceptors (Lipinski definition) is 7. The minimum absolute atomic E-state index is 0.107. The van der Waals surface area contributed by atoms with Gasteiger partial charge in [-0.25, -0.2) is 4.98 Å². The van der Waals surface area contributed by atoms with Crippen molar-refractivity contribution in [2.24, 2.45) is 7.05 Å². The Morgan fingerprint density at radius 2 is 2.12 bits per heavy atom. The number of nitrogens with one attached hydrogen (secondary N) is 1.